The normalized spacial score (nSPS) is 24.5. The van der Waals surface area contributed by atoms with Gasteiger partial charge in [-0.3, -0.25) is 15.0 Å². The van der Waals surface area contributed by atoms with Gasteiger partial charge in [-0.2, -0.15) is 0 Å². The Labute approximate surface area is 208 Å². The van der Waals surface area contributed by atoms with E-state index >= 15 is 0 Å². The predicted octanol–water partition coefficient (Wildman–Crippen LogP) is 2.41. The maximum Gasteiger partial charge on any atom is 0.256 e. The van der Waals surface area contributed by atoms with E-state index in [1.54, 1.807) is 29.6 Å². The average molecular weight is 492 g/mol. The minimum atomic E-state index is -0.500. The Hall–Kier alpha value is -3.53. The number of pyridine rings is 1. The molecule has 10 heteroatoms. The summed E-state index contributed by atoms with van der Waals surface area (Å²) < 4.78 is 14.8. The summed E-state index contributed by atoms with van der Waals surface area (Å²) >= 11 is 0. The summed E-state index contributed by atoms with van der Waals surface area (Å²) in [6, 6.07) is 6.92. The highest BCUT2D eigenvalue weighted by molar-refractivity contribution is 5.95. The topological polar surface area (TPSA) is 106 Å². The second kappa shape index (κ2) is 9.50. The fourth-order valence-corrected chi connectivity index (χ4v) is 5.98. The molecule has 4 heterocycles. The van der Waals surface area contributed by atoms with E-state index in [0.717, 1.165) is 42.5 Å². The van der Waals surface area contributed by atoms with Gasteiger partial charge < -0.3 is 14.8 Å². The molecule has 1 aromatic carbocycles. The number of aromatic nitrogens is 3. The average Bonchev–Trinajstić information content (AvgIpc) is 3.39. The lowest BCUT2D eigenvalue weighted by Crippen LogP contribution is -2.60. The Morgan fingerprint density at radius 2 is 1.92 bits per heavy atom. The molecule has 2 aliphatic heterocycles. The Morgan fingerprint density at radius 1 is 1.08 bits per heavy atom. The number of amides is 2. The van der Waals surface area contributed by atoms with Crippen LogP contribution in [0, 0.1) is 17.7 Å². The second-order valence-electron chi connectivity index (χ2n) is 10.1. The molecule has 36 heavy (non-hydrogen) atoms. The number of halogens is 1. The summed E-state index contributed by atoms with van der Waals surface area (Å²) in [5.41, 5.74) is 9.52. The number of hydrogen-bond donors (Lipinski definition) is 3. The molecule has 3 N–H and O–H groups in total. The minimum Gasteiger partial charge on any atom is -0.367 e. The molecule has 2 saturated heterocycles. The maximum absolute atomic E-state index is 14.8. The number of nitrogens with one attached hydrogen (secondary N) is 3. The van der Waals surface area contributed by atoms with E-state index in [1.807, 2.05) is 6.07 Å². The van der Waals surface area contributed by atoms with E-state index in [0.29, 0.717) is 38.2 Å². The van der Waals surface area contributed by atoms with Crippen LogP contribution in [-0.2, 0) is 11.2 Å². The van der Waals surface area contributed by atoms with Gasteiger partial charge in [0, 0.05) is 38.1 Å². The molecule has 0 bridgehead atoms. The van der Waals surface area contributed by atoms with Crippen LogP contribution in [0.5, 0.6) is 0 Å². The Bertz CT molecular complexity index is 1290. The van der Waals surface area contributed by atoms with Crippen LogP contribution in [0.1, 0.15) is 41.6 Å². The van der Waals surface area contributed by atoms with Crippen molar-refractivity contribution in [3.63, 3.8) is 0 Å². The summed E-state index contributed by atoms with van der Waals surface area (Å²) in [6.45, 7) is 2.29. The molecule has 2 amide bonds. The second-order valence-corrected chi connectivity index (χ2v) is 10.1. The smallest absolute Gasteiger partial charge is 0.256 e. The number of benzene rings is 1. The number of anilines is 1. The van der Waals surface area contributed by atoms with Crippen LogP contribution in [0.4, 0.5) is 10.1 Å². The molecule has 1 aliphatic carbocycles. The monoisotopic (exact) mass is 491 g/mol. The van der Waals surface area contributed by atoms with Gasteiger partial charge in [-0.15, -0.1) is 0 Å². The highest BCUT2D eigenvalue weighted by atomic mass is 19.1. The van der Waals surface area contributed by atoms with Gasteiger partial charge in [-0.1, -0.05) is 18.9 Å². The van der Waals surface area contributed by atoms with Gasteiger partial charge >= 0.3 is 0 Å². The van der Waals surface area contributed by atoms with Crippen molar-refractivity contribution in [2.24, 2.45) is 11.8 Å². The van der Waals surface area contributed by atoms with Crippen molar-refractivity contribution in [1.82, 2.24) is 30.7 Å². The zero-order valence-corrected chi connectivity index (χ0v) is 20.0. The van der Waals surface area contributed by atoms with Gasteiger partial charge in [0.15, 0.2) is 5.65 Å². The Balaban J connectivity index is 1.13. The van der Waals surface area contributed by atoms with Crippen molar-refractivity contribution in [3.05, 3.63) is 53.7 Å². The number of carbonyl (C=O) groups excluding carboxylic acids is 2. The number of aromatic amines is 1. The van der Waals surface area contributed by atoms with Crippen LogP contribution in [0.15, 0.2) is 36.8 Å². The first-order valence-corrected chi connectivity index (χ1v) is 12.7. The molecule has 2 aromatic heterocycles. The molecular weight excluding hydrogens is 461 g/mol. The van der Waals surface area contributed by atoms with Gasteiger partial charge in [0.25, 0.3) is 5.91 Å². The molecule has 0 radical (unpaired) electrons. The number of fused-ring (bicyclic) bond motifs is 2. The van der Waals surface area contributed by atoms with Crippen molar-refractivity contribution in [3.8, 4) is 0 Å². The molecule has 1 saturated carbocycles. The molecule has 3 aliphatic rings. The van der Waals surface area contributed by atoms with Crippen LogP contribution in [0.2, 0.25) is 0 Å². The molecule has 3 fully saturated rings. The summed E-state index contributed by atoms with van der Waals surface area (Å²) in [6.07, 6.45) is 8.18. The molecule has 6 rings (SSSR count). The van der Waals surface area contributed by atoms with Crippen molar-refractivity contribution in [1.29, 1.82) is 0 Å². The quantitative estimate of drug-likeness (QED) is 0.518. The number of imidazole rings is 1. The maximum atomic E-state index is 14.8. The zero-order chi connectivity index (χ0) is 24.6. The number of piperazine rings is 1. The Morgan fingerprint density at radius 3 is 2.78 bits per heavy atom. The lowest BCUT2D eigenvalue weighted by atomic mass is 9.72. The van der Waals surface area contributed by atoms with E-state index < -0.39 is 5.82 Å². The van der Waals surface area contributed by atoms with E-state index in [4.69, 9.17) is 0 Å². The highest BCUT2D eigenvalue weighted by Gasteiger charge is 2.40. The predicted molar refractivity (Wildman–Crippen MR) is 133 cm³/mol. The number of hydrogen-bond acceptors (Lipinski definition) is 6. The van der Waals surface area contributed by atoms with Gasteiger partial charge in [0.1, 0.15) is 5.82 Å². The largest absolute Gasteiger partial charge is 0.367 e. The van der Waals surface area contributed by atoms with Gasteiger partial charge in [0.2, 0.25) is 5.91 Å². The molecule has 3 unspecified atom stereocenters. The molecule has 0 spiro atoms. The van der Waals surface area contributed by atoms with E-state index in [2.05, 4.69) is 30.7 Å². The lowest BCUT2D eigenvalue weighted by molar-refractivity contribution is -0.133. The molecule has 9 nitrogen and oxygen atoms in total. The van der Waals surface area contributed by atoms with Crippen LogP contribution in [0.25, 0.3) is 11.2 Å². The van der Waals surface area contributed by atoms with Crippen LogP contribution in [0.3, 0.4) is 0 Å². The standard InChI is InChI=1S/C26H30FN7O2/c27-21-6-5-16(12-22-18-3-1-2-4-19(18)25(35)32-31-22)11-20(21)26(36)34-9-7-33(8-10-34)17-13-23-24(28-14-17)30-15-29-23/h5-6,11,13-15,18-19,22,31H,1-4,7-10,12H2,(H,32,35)(H,28,29,30). The van der Waals surface area contributed by atoms with Crippen LogP contribution < -0.4 is 15.8 Å². The van der Waals surface area contributed by atoms with Gasteiger partial charge in [0.05, 0.1) is 29.3 Å². The van der Waals surface area contributed by atoms with E-state index in [-0.39, 0.29) is 35.3 Å². The van der Waals surface area contributed by atoms with E-state index in [1.165, 1.54) is 6.07 Å². The third kappa shape index (κ3) is 4.30. The van der Waals surface area contributed by atoms with Gasteiger partial charge in [-0.05, 0) is 48.9 Å². The van der Waals surface area contributed by atoms with E-state index in [9.17, 15) is 14.0 Å². The first kappa shape index (κ1) is 22.9. The molecule has 3 atom stereocenters. The third-order valence-corrected chi connectivity index (χ3v) is 7.96. The summed E-state index contributed by atoms with van der Waals surface area (Å²) in [4.78, 5) is 41.0. The minimum absolute atomic E-state index is 0.0343. The first-order chi connectivity index (χ1) is 17.6. The van der Waals surface area contributed by atoms with Crippen molar-refractivity contribution < 1.29 is 14.0 Å². The zero-order valence-electron chi connectivity index (χ0n) is 20.0. The fourth-order valence-electron chi connectivity index (χ4n) is 5.98. The highest BCUT2D eigenvalue weighted by Crippen LogP contribution is 2.35. The third-order valence-electron chi connectivity index (χ3n) is 7.96. The van der Waals surface area contributed by atoms with Crippen LogP contribution >= 0.6 is 0 Å². The van der Waals surface area contributed by atoms with Crippen molar-refractivity contribution in [2.45, 2.75) is 38.1 Å². The van der Waals surface area contributed by atoms with Crippen molar-refractivity contribution in [2.75, 3.05) is 31.1 Å². The Kier molecular flexibility index (Phi) is 6.04. The summed E-state index contributed by atoms with van der Waals surface area (Å²) in [7, 11) is 0. The summed E-state index contributed by atoms with van der Waals surface area (Å²) in [5, 5.41) is 0. The molecule has 188 valence electrons. The van der Waals surface area contributed by atoms with Gasteiger partial charge in [-0.25, -0.2) is 19.8 Å². The number of nitrogens with zero attached hydrogens (tertiary/aromatic N) is 4. The number of H-pyrrole nitrogens is 1. The van der Waals surface area contributed by atoms with Crippen molar-refractivity contribution >= 4 is 28.7 Å². The summed E-state index contributed by atoms with van der Waals surface area (Å²) in [5.74, 6) is -0.408. The molecule has 3 aromatic rings. The number of hydrazine groups is 1. The first-order valence-electron chi connectivity index (χ1n) is 12.7. The fraction of sp³-hybridized carbons (Fsp3) is 0.462. The number of rotatable bonds is 4. The lowest BCUT2D eigenvalue weighted by Gasteiger charge is -2.41. The number of carbonyl (C=O) groups is 2. The molecular formula is C26H30FN7O2. The SMILES string of the molecule is O=C1NNC(Cc2ccc(F)c(C(=O)N3CCN(c4cnc5nc[nH]c5c4)CC3)c2)C2CCCCC12. The van der Waals surface area contributed by atoms with Crippen LogP contribution in [-0.4, -0.2) is 63.9 Å².